The predicted molar refractivity (Wildman–Crippen MR) is 71.4 cm³/mol. The molecule has 7 heteroatoms. The average molecular weight is 295 g/mol. The highest BCUT2D eigenvalue weighted by atomic mass is 19.4. The third-order valence-corrected chi connectivity index (χ3v) is 3.72. The van der Waals surface area contributed by atoms with E-state index in [1.807, 2.05) is 0 Å². The second-order valence-electron chi connectivity index (χ2n) is 5.16. The molecule has 0 aromatic heterocycles. The van der Waals surface area contributed by atoms with Crippen molar-refractivity contribution in [2.75, 3.05) is 6.54 Å². The molecule has 0 spiro atoms. The molecule has 21 heavy (non-hydrogen) atoms. The number of hydrazine groups is 1. The minimum Gasteiger partial charge on any atom is -0.285 e. The van der Waals surface area contributed by atoms with Gasteiger partial charge in [0.25, 0.3) is 5.91 Å². The number of carbonyl (C=O) groups is 1. The van der Waals surface area contributed by atoms with Crippen LogP contribution in [-0.2, 0) is 11.0 Å². The molecule has 110 valence electrons. The number of halogens is 3. The molecule has 0 saturated carbocycles. The standard InChI is InChI=1S/C14H12F3N3O/c1-13-10(7-18-11(13)12(21)19-20-13)6-8-3-2-4-9(5-8)14(15,16)17/h2-6,20H,7H2,1H3,(H,19,21)/b10-6-. The Labute approximate surface area is 118 Å². The van der Waals surface area contributed by atoms with E-state index < -0.39 is 17.3 Å². The lowest BCUT2D eigenvalue weighted by atomic mass is 9.89. The maximum Gasteiger partial charge on any atom is 0.416 e. The van der Waals surface area contributed by atoms with Crippen LogP contribution in [0.5, 0.6) is 0 Å². The number of nitrogens with zero attached hydrogens (tertiary/aromatic N) is 1. The van der Waals surface area contributed by atoms with Crippen LogP contribution >= 0.6 is 0 Å². The highest BCUT2D eigenvalue weighted by Gasteiger charge is 2.47. The van der Waals surface area contributed by atoms with E-state index in [9.17, 15) is 18.0 Å². The van der Waals surface area contributed by atoms with Crippen molar-refractivity contribution in [1.29, 1.82) is 0 Å². The zero-order chi connectivity index (χ0) is 15.3. The number of amides is 1. The summed E-state index contributed by atoms with van der Waals surface area (Å²) in [6.45, 7) is 2.07. The Kier molecular flexibility index (Phi) is 2.91. The maximum atomic E-state index is 12.7. The summed E-state index contributed by atoms with van der Waals surface area (Å²) in [7, 11) is 0. The third-order valence-electron chi connectivity index (χ3n) is 3.72. The average Bonchev–Trinajstić information content (AvgIpc) is 2.88. The molecular weight excluding hydrogens is 283 g/mol. The smallest absolute Gasteiger partial charge is 0.285 e. The van der Waals surface area contributed by atoms with E-state index in [0.717, 1.165) is 17.7 Å². The molecule has 2 aliphatic rings. The quantitative estimate of drug-likeness (QED) is 0.832. The minimum atomic E-state index is -4.38. The van der Waals surface area contributed by atoms with Crippen LogP contribution in [0.2, 0.25) is 0 Å². The monoisotopic (exact) mass is 295 g/mol. The lowest BCUT2D eigenvalue weighted by molar-refractivity contribution is -0.137. The Balaban J connectivity index is 1.96. The van der Waals surface area contributed by atoms with E-state index in [-0.39, 0.29) is 5.91 Å². The molecule has 1 aromatic rings. The van der Waals surface area contributed by atoms with E-state index in [2.05, 4.69) is 15.8 Å². The molecule has 2 aliphatic heterocycles. The lowest BCUT2D eigenvalue weighted by Gasteiger charge is -2.20. The third kappa shape index (κ3) is 2.23. The zero-order valence-electron chi connectivity index (χ0n) is 11.1. The van der Waals surface area contributed by atoms with E-state index in [1.54, 1.807) is 19.1 Å². The molecule has 1 unspecified atom stereocenters. The largest absolute Gasteiger partial charge is 0.416 e. The highest BCUT2D eigenvalue weighted by molar-refractivity contribution is 6.45. The van der Waals surface area contributed by atoms with Crippen LogP contribution in [0, 0.1) is 0 Å². The van der Waals surface area contributed by atoms with Gasteiger partial charge in [-0.15, -0.1) is 0 Å². The van der Waals surface area contributed by atoms with E-state index >= 15 is 0 Å². The molecule has 0 bridgehead atoms. The van der Waals surface area contributed by atoms with Crippen molar-refractivity contribution in [2.45, 2.75) is 18.6 Å². The number of aliphatic imine (C=N–C) groups is 1. The van der Waals surface area contributed by atoms with Gasteiger partial charge in [0, 0.05) is 0 Å². The van der Waals surface area contributed by atoms with E-state index in [1.165, 1.54) is 6.07 Å². The maximum absolute atomic E-state index is 12.7. The normalized spacial score (nSPS) is 26.8. The van der Waals surface area contributed by atoms with Crippen LogP contribution in [-0.4, -0.2) is 23.7 Å². The van der Waals surface area contributed by atoms with Gasteiger partial charge in [0.15, 0.2) is 0 Å². The first-order valence-corrected chi connectivity index (χ1v) is 6.31. The van der Waals surface area contributed by atoms with Crippen molar-refractivity contribution in [3.05, 3.63) is 41.0 Å². The number of hydrogen-bond acceptors (Lipinski definition) is 3. The Hall–Kier alpha value is -2.15. The van der Waals surface area contributed by atoms with Crippen molar-refractivity contribution in [1.82, 2.24) is 10.9 Å². The molecule has 0 aliphatic carbocycles. The van der Waals surface area contributed by atoms with Crippen LogP contribution in [0.3, 0.4) is 0 Å². The first-order valence-electron chi connectivity index (χ1n) is 6.31. The molecule has 0 radical (unpaired) electrons. The molecule has 1 amide bonds. The second-order valence-corrected chi connectivity index (χ2v) is 5.16. The van der Waals surface area contributed by atoms with Crippen molar-refractivity contribution in [2.24, 2.45) is 4.99 Å². The Morgan fingerprint density at radius 1 is 1.38 bits per heavy atom. The predicted octanol–water partition coefficient (Wildman–Crippen LogP) is 1.94. The fourth-order valence-electron chi connectivity index (χ4n) is 2.51. The van der Waals surface area contributed by atoms with E-state index in [0.29, 0.717) is 17.8 Å². The van der Waals surface area contributed by atoms with Crippen LogP contribution in [0.1, 0.15) is 18.1 Å². The van der Waals surface area contributed by atoms with Gasteiger partial charge in [-0.1, -0.05) is 18.2 Å². The van der Waals surface area contributed by atoms with Crippen LogP contribution in [0.25, 0.3) is 6.08 Å². The van der Waals surface area contributed by atoms with Gasteiger partial charge in [-0.25, -0.2) is 5.43 Å². The lowest BCUT2D eigenvalue weighted by Crippen LogP contribution is -2.44. The summed E-state index contributed by atoms with van der Waals surface area (Å²) in [5.74, 6) is -0.301. The number of hydrogen-bond donors (Lipinski definition) is 2. The summed E-state index contributed by atoms with van der Waals surface area (Å²) in [6.07, 6.45) is -2.74. The van der Waals surface area contributed by atoms with Crippen LogP contribution < -0.4 is 10.9 Å². The summed E-state index contributed by atoms with van der Waals surface area (Å²) in [4.78, 5) is 15.7. The van der Waals surface area contributed by atoms with Crippen molar-refractivity contribution in [3.8, 4) is 0 Å². The molecule has 1 aromatic carbocycles. The SMILES string of the molecule is CC12NNC(=O)C1=NC/C2=C/c1cccc(C(F)(F)F)c1. The topological polar surface area (TPSA) is 53.5 Å². The summed E-state index contributed by atoms with van der Waals surface area (Å²) in [6, 6.07) is 5.06. The van der Waals surface area contributed by atoms with Gasteiger partial charge in [-0.3, -0.25) is 15.2 Å². The number of rotatable bonds is 1. The Morgan fingerprint density at radius 3 is 2.86 bits per heavy atom. The summed E-state index contributed by atoms with van der Waals surface area (Å²) < 4.78 is 38.1. The van der Waals surface area contributed by atoms with Gasteiger partial charge in [0.05, 0.1) is 12.1 Å². The van der Waals surface area contributed by atoms with Gasteiger partial charge in [-0.2, -0.15) is 13.2 Å². The summed E-state index contributed by atoms with van der Waals surface area (Å²) in [5, 5.41) is 0. The van der Waals surface area contributed by atoms with Crippen LogP contribution in [0.4, 0.5) is 13.2 Å². The van der Waals surface area contributed by atoms with Gasteiger partial charge in [0.2, 0.25) is 0 Å². The van der Waals surface area contributed by atoms with Crippen molar-refractivity contribution >= 4 is 17.7 Å². The Morgan fingerprint density at radius 2 is 2.14 bits per heavy atom. The zero-order valence-corrected chi connectivity index (χ0v) is 11.1. The number of carbonyl (C=O) groups excluding carboxylic acids is 1. The molecule has 1 atom stereocenters. The second kappa shape index (κ2) is 4.42. The van der Waals surface area contributed by atoms with Crippen LogP contribution in [0.15, 0.2) is 34.8 Å². The minimum absolute atomic E-state index is 0.294. The number of benzene rings is 1. The van der Waals surface area contributed by atoms with Gasteiger partial charge in [0.1, 0.15) is 11.3 Å². The molecule has 3 rings (SSSR count). The van der Waals surface area contributed by atoms with E-state index in [4.69, 9.17) is 0 Å². The number of alkyl halides is 3. The molecule has 4 nitrogen and oxygen atoms in total. The number of nitrogens with one attached hydrogen (secondary N) is 2. The molecule has 1 saturated heterocycles. The molecular formula is C14H12F3N3O. The molecule has 2 heterocycles. The van der Waals surface area contributed by atoms with Gasteiger partial charge < -0.3 is 0 Å². The number of fused-ring (bicyclic) bond motifs is 1. The molecule has 2 N–H and O–H groups in total. The first-order chi connectivity index (χ1) is 9.80. The highest BCUT2D eigenvalue weighted by Crippen LogP contribution is 2.32. The van der Waals surface area contributed by atoms with Crippen molar-refractivity contribution < 1.29 is 18.0 Å². The summed E-state index contributed by atoms with van der Waals surface area (Å²) >= 11 is 0. The summed E-state index contributed by atoms with van der Waals surface area (Å²) in [5.41, 5.74) is 5.39. The van der Waals surface area contributed by atoms with Gasteiger partial charge >= 0.3 is 6.18 Å². The van der Waals surface area contributed by atoms with Gasteiger partial charge in [-0.05, 0) is 30.2 Å². The molecule has 1 fully saturated rings. The van der Waals surface area contributed by atoms with Crippen molar-refractivity contribution in [3.63, 3.8) is 0 Å². The first kappa shape index (κ1) is 13.8. The fourth-order valence-corrected chi connectivity index (χ4v) is 2.51. The Bertz CT molecular complexity index is 678. The fraction of sp³-hybridized carbons (Fsp3) is 0.286.